The van der Waals surface area contributed by atoms with Crippen molar-refractivity contribution in [3.8, 4) is 0 Å². The number of alkyl halides is 3. The molecule has 0 radical (unpaired) electrons. The number of aromatic nitrogens is 1. The lowest BCUT2D eigenvalue weighted by molar-refractivity contribution is -0.384. The molecule has 0 aliphatic heterocycles. The Balaban J connectivity index is 1.96. The van der Waals surface area contributed by atoms with E-state index in [9.17, 15) is 28.1 Å². The average molecular weight is 440 g/mol. The largest absolute Gasteiger partial charge is 0.416 e. The maximum atomic E-state index is 12.7. The van der Waals surface area contributed by atoms with Gasteiger partial charge in [-0.05, 0) is 18.2 Å². The molecule has 1 amide bonds. The third kappa shape index (κ3) is 5.98. The Labute approximate surface area is 165 Å². The molecule has 0 fully saturated rings. The molecule has 2 aromatic rings. The van der Waals surface area contributed by atoms with E-state index >= 15 is 0 Å². The van der Waals surface area contributed by atoms with Gasteiger partial charge < -0.3 is 5.32 Å². The number of benzene rings is 1. The van der Waals surface area contributed by atoms with Gasteiger partial charge in [0.15, 0.2) is 0 Å². The van der Waals surface area contributed by atoms with Crippen LogP contribution in [0.3, 0.4) is 0 Å². The Kier molecular flexibility index (Phi) is 6.90. The van der Waals surface area contributed by atoms with Crippen LogP contribution in [0.5, 0.6) is 0 Å². The molecule has 144 valence electrons. The van der Waals surface area contributed by atoms with Crippen molar-refractivity contribution in [2.45, 2.75) is 11.2 Å². The Morgan fingerprint density at radius 3 is 2.59 bits per heavy atom. The molecule has 6 nitrogen and oxygen atoms in total. The van der Waals surface area contributed by atoms with Gasteiger partial charge in [-0.1, -0.05) is 23.2 Å². The van der Waals surface area contributed by atoms with E-state index < -0.39 is 22.6 Å². The van der Waals surface area contributed by atoms with Crippen LogP contribution in [0.4, 0.5) is 18.9 Å². The molecule has 0 spiro atoms. The molecule has 1 aromatic carbocycles. The van der Waals surface area contributed by atoms with Crippen molar-refractivity contribution in [3.05, 3.63) is 61.7 Å². The number of rotatable bonds is 6. The van der Waals surface area contributed by atoms with Gasteiger partial charge in [-0.25, -0.2) is 4.98 Å². The fraction of sp³-hybridized carbons (Fsp3) is 0.200. The molecular formula is C15H10Cl2F3N3O3S. The Morgan fingerprint density at radius 1 is 1.26 bits per heavy atom. The van der Waals surface area contributed by atoms with Crippen molar-refractivity contribution in [3.63, 3.8) is 0 Å². The van der Waals surface area contributed by atoms with Gasteiger partial charge in [-0.2, -0.15) is 13.2 Å². The first-order valence-corrected chi connectivity index (χ1v) is 8.92. The highest BCUT2D eigenvalue weighted by atomic mass is 35.5. The summed E-state index contributed by atoms with van der Waals surface area (Å²) in [5.41, 5.74) is -1.28. The third-order valence-corrected chi connectivity index (χ3v) is 4.58. The summed E-state index contributed by atoms with van der Waals surface area (Å²) in [7, 11) is 0. The molecular weight excluding hydrogens is 430 g/mol. The second-order valence-corrected chi connectivity index (χ2v) is 6.95. The summed E-state index contributed by atoms with van der Waals surface area (Å²) in [6.07, 6.45) is -4.55. The maximum Gasteiger partial charge on any atom is 0.416 e. The van der Waals surface area contributed by atoms with Crippen LogP contribution in [-0.2, 0) is 6.18 Å². The summed E-state index contributed by atoms with van der Waals surface area (Å²) < 4.78 is 38.2. The van der Waals surface area contributed by atoms with Crippen LogP contribution in [0.2, 0.25) is 10.2 Å². The Morgan fingerprint density at radius 2 is 1.96 bits per heavy atom. The molecule has 2 rings (SSSR count). The van der Waals surface area contributed by atoms with Gasteiger partial charge in [0, 0.05) is 24.4 Å². The predicted molar refractivity (Wildman–Crippen MR) is 95.4 cm³/mol. The number of nitrogens with zero attached hydrogens (tertiary/aromatic N) is 2. The highest BCUT2D eigenvalue weighted by molar-refractivity contribution is 7.99. The first-order valence-electron chi connectivity index (χ1n) is 7.17. The maximum absolute atomic E-state index is 12.7. The van der Waals surface area contributed by atoms with E-state index in [0.29, 0.717) is 0 Å². The lowest BCUT2D eigenvalue weighted by Gasteiger charge is -2.09. The van der Waals surface area contributed by atoms with Crippen molar-refractivity contribution in [1.82, 2.24) is 10.3 Å². The molecule has 0 aliphatic carbocycles. The van der Waals surface area contributed by atoms with E-state index in [-0.39, 0.29) is 38.8 Å². The third-order valence-electron chi connectivity index (χ3n) is 3.14. The molecule has 1 aromatic heterocycles. The summed E-state index contributed by atoms with van der Waals surface area (Å²) in [4.78, 5) is 26.0. The smallest absolute Gasteiger partial charge is 0.351 e. The first kappa shape index (κ1) is 21.3. The monoisotopic (exact) mass is 439 g/mol. The average Bonchev–Trinajstić information content (AvgIpc) is 2.57. The van der Waals surface area contributed by atoms with Crippen molar-refractivity contribution >= 4 is 46.6 Å². The van der Waals surface area contributed by atoms with E-state index in [4.69, 9.17) is 23.2 Å². The fourth-order valence-electron chi connectivity index (χ4n) is 1.93. The number of carbonyl (C=O) groups excluding carboxylic acids is 1. The van der Waals surface area contributed by atoms with E-state index in [0.717, 1.165) is 36.0 Å². The second-order valence-electron chi connectivity index (χ2n) is 5.04. The number of halogens is 5. The van der Waals surface area contributed by atoms with E-state index in [1.807, 2.05) is 0 Å². The van der Waals surface area contributed by atoms with Crippen LogP contribution in [0.15, 0.2) is 35.4 Å². The van der Waals surface area contributed by atoms with Crippen LogP contribution in [-0.4, -0.2) is 28.1 Å². The normalized spacial score (nSPS) is 11.3. The number of amides is 1. The van der Waals surface area contributed by atoms with Gasteiger partial charge in [0.1, 0.15) is 5.15 Å². The summed E-state index contributed by atoms with van der Waals surface area (Å²) in [6.45, 7) is 0.0675. The van der Waals surface area contributed by atoms with E-state index in [1.165, 1.54) is 6.07 Å². The molecule has 0 unspecified atom stereocenters. The number of nitrogens with one attached hydrogen (secondary N) is 1. The molecule has 0 saturated heterocycles. The quantitative estimate of drug-likeness (QED) is 0.229. The molecule has 0 aliphatic rings. The van der Waals surface area contributed by atoms with Gasteiger partial charge in [-0.3, -0.25) is 14.9 Å². The molecule has 1 heterocycles. The molecule has 1 N–H and O–H groups in total. The minimum atomic E-state index is -4.55. The van der Waals surface area contributed by atoms with Crippen molar-refractivity contribution in [1.29, 1.82) is 0 Å². The minimum absolute atomic E-state index is 0.0390. The number of hydrogen-bond donors (Lipinski definition) is 1. The van der Waals surface area contributed by atoms with Gasteiger partial charge >= 0.3 is 6.18 Å². The zero-order valence-corrected chi connectivity index (χ0v) is 15.5. The van der Waals surface area contributed by atoms with Crippen LogP contribution >= 0.6 is 35.0 Å². The number of nitro benzene ring substituents is 1. The lowest BCUT2D eigenvalue weighted by Crippen LogP contribution is -2.26. The SMILES string of the molecule is O=C(NCCSc1cc(C(F)(F)F)cc(Cl)n1)c1cc([N+](=O)[O-])ccc1Cl. The summed E-state index contributed by atoms with van der Waals surface area (Å²) in [5.74, 6) is -0.442. The second kappa shape index (κ2) is 8.77. The zero-order valence-electron chi connectivity index (χ0n) is 13.2. The van der Waals surface area contributed by atoms with Crippen molar-refractivity contribution < 1.29 is 22.9 Å². The Bertz CT molecular complexity index is 881. The number of non-ortho nitro benzene ring substituents is 1. The molecule has 0 saturated carbocycles. The van der Waals surface area contributed by atoms with Crippen LogP contribution < -0.4 is 5.32 Å². The van der Waals surface area contributed by atoms with Crippen LogP contribution in [0, 0.1) is 10.1 Å². The topological polar surface area (TPSA) is 85.1 Å². The van der Waals surface area contributed by atoms with Gasteiger partial charge in [0.2, 0.25) is 0 Å². The molecule has 0 bridgehead atoms. The highest BCUT2D eigenvalue weighted by Crippen LogP contribution is 2.32. The van der Waals surface area contributed by atoms with Gasteiger partial charge in [0.25, 0.3) is 11.6 Å². The number of thioether (sulfide) groups is 1. The number of pyridine rings is 1. The molecule has 0 atom stereocenters. The van der Waals surface area contributed by atoms with E-state index in [1.54, 1.807) is 0 Å². The molecule has 12 heteroatoms. The van der Waals surface area contributed by atoms with Crippen LogP contribution in [0.25, 0.3) is 0 Å². The fourth-order valence-corrected chi connectivity index (χ4v) is 3.18. The van der Waals surface area contributed by atoms with Crippen LogP contribution in [0.1, 0.15) is 15.9 Å². The van der Waals surface area contributed by atoms with Gasteiger partial charge in [0.05, 0.1) is 26.1 Å². The highest BCUT2D eigenvalue weighted by Gasteiger charge is 2.31. The molecule has 27 heavy (non-hydrogen) atoms. The predicted octanol–water partition coefficient (Wildman–Crippen LogP) is 4.84. The number of carbonyl (C=O) groups is 1. The summed E-state index contributed by atoms with van der Waals surface area (Å²) in [5, 5.41) is 13.0. The summed E-state index contributed by atoms with van der Waals surface area (Å²) >= 11 is 12.4. The zero-order chi connectivity index (χ0) is 20.2. The van der Waals surface area contributed by atoms with Crippen molar-refractivity contribution in [2.24, 2.45) is 0 Å². The minimum Gasteiger partial charge on any atom is -0.351 e. The van der Waals surface area contributed by atoms with E-state index in [2.05, 4.69) is 10.3 Å². The van der Waals surface area contributed by atoms with Gasteiger partial charge in [-0.15, -0.1) is 11.8 Å². The standard InChI is InChI=1S/C15H10Cl2F3N3O3S/c16-11-2-1-9(23(25)26)7-10(11)14(24)21-3-4-27-13-6-8(15(18,19)20)5-12(17)22-13/h1-2,5-7H,3-4H2,(H,21,24). The first-order chi connectivity index (χ1) is 12.6. The Hall–Kier alpha value is -2.04. The van der Waals surface area contributed by atoms with Crippen molar-refractivity contribution in [2.75, 3.05) is 12.3 Å². The number of hydrogen-bond acceptors (Lipinski definition) is 5. The summed E-state index contributed by atoms with van der Waals surface area (Å²) in [6, 6.07) is 5.02. The number of nitro groups is 1. The lowest BCUT2D eigenvalue weighted by atomic mass is 10.2.